The molecule has 0 atom stereocenters. The number of carbonyl (C=O) groups is 2. The number of ether oxygens (including phenoxy) is 1. The Kier molecular flexibility index (Phi) is 6.67. The summed E-state index contributed by atoms with van der Waals surface area (Å²) >= 11 is 0. The van der Waals surface area contributed by atoms with Crippen LogP contribution in [0.2, 0.25) is 0 Å². The Morgan fingerprint density at radius 3 is 2.44 bits per heavy atom. The van der Waals surface area contributed by atoms with Gasteiger partial charge in [-0.1, -0.05) is 6.92 Å². The third kappa shape index (κ3) is 4.65. The van der Waals surface area contributed by atoms with Crippen LogP contribution < -0.4 is 10.1 Å². The standard InChI is InChI=1S/C19H29N3O3/c1-5-7-20-19(24)22-9-6-8-21(10-11-22)18(23)16-12-15(3)17(25-4)13-14(16)2/h12-13H,5-11H2,1-4H3,(H,20,24). The smallest absolute Gasteiger partial charge is 0.317 e. The molecule has 25 heavy (non-hydrogen) atoms. The fraction of sp³-hybridized carbons (Fsp3) is 0.579. The van der Waals surface area contributed by atoms with E-state index in [-0.39, 0.29) is 11.9 Å². The zero-order valence-corrected chi connectivity index (χ0v) is 15.7. The fourth-order valence-corrected chi connectivity index (χ4v) is 3.08. The molecule has 1 heterocycles. The lowest BCUT2D eigenvalue weighted by molar-refractivity contribution is 0.0761. The second-order valence-electron chi connectivity index (χ2n) is 6.50. The number of hydrogen-bond acceptors (Lipinski definition) is 3. The highest BCUT2D eigenvalue weighted by Crippen LogP contribution is 2.24. The molecule has 6 nitrogen and oxygen atoms in total. The minimum absolute atomic E-state index is 0.0269. The summed E-state index contributed by atoms with van der Waals surface area (Å²) in [5, 5.41) is 2.90. The second kappa shape index (κ2) is 8.74. The van der Waals surface area contributed by atoms with E-state index in [1.807, 2.05) is 37.8 Å². The number of amides is 3. The zero-order valence-electron chi connectivity index (χ0n) is 15.7. The van der Waals surface area contributed by atoms with Crippen LogP contribution >= 0.6 is 0 Å². The molecule has 0 bridgehead atoms. The molecule has 1 saturated heterocycles. The summed E-state index contributed by atoms with van der Waals surface area (Å²) in [5.41, 5.74) is 2.57. The summed E-state index contributed by atoms with van der Waals surface area (Å²) in [6.45, 7) is 9.05. The molecule has 0 aromatic heterocycles. The van der Waals surface area contributed by atoms with Gasteiger partial charge in [0.1, 0.15) is 5.75 Å². The Labute approximate surface area is 150 Å². The van der Waals surface area contributed by atoms with E-state index in [9.17, 15) is 9.59 Å². The number of rotatable bonds is 4. The summed E-state index contributed by atoms with van der Waals surface area (Å²) in [6, 6.07) is 3.77. The maximum atomic E-state index is 12.9. The first-order valence-corrected chi connectivity index (χ1v) is 8.95. The van der Waals surface area contributed by atoms with Crippen LogP contribution in [0.25, 0.3) is 0 Å². The van der Waals surface area contributed by atoms with Crippen molar-refractivity contribution in [2.75, 3.05) is 39.8 Å². The molecule has 0 radical (unpaired) electrons. The van der Waals surface area contributed by atoms with Crippen molar-refractivity contribution in [3.05, 3.63) is 28.8 Å². The maximum absolute atomic E-state index is 12.9. The van der Waals surface area contributed by atoms with E-state index in [1.54, 1.807) is 12.0 Å². The van der Waals surface area contributed by atoms with Gasteiger partial charge in [0, 0.05) is 38.3 Å². The van der Waals surface area contributed by atoms with Crippen molar-refractivity contribution >= 4 is 11.9 Å². The van der Waals surface area contributed by atoms with E-state index in [0.717, 1.165) is 29.7 Å². The average Bonchev–Trinajstić information content (AvgIpc) is 2.86. The number of hydrogen-bond donors (Lipinski definition) is 1. The van der Waals surface area contributed by atoms with Crippen molar-refractivity contribution in [3.8, 4) is 5.75 Å². The summed E-state index contributed by atoms with van der Waals surface area (Å²) in [7, 11) is 1.64. The molecular formula is C19H29N3O3. The highest BCUT2D eigenvalue weighted by atomic mass is 16.5. The molecule has 0 spiro atoms. The predicted octanol–water partition coefficient (Wildman–Crippen LogP) is 2.58. The second-order valence-corrected chi connectivity index (χ2v) is 6.50. The number of aryl methyl sites for hydroxylation is 2. The largest absolute Gasteiger partial charge is 0.496 e. The normalized spacial score (nSPS) is 14.9. The van der Waals surface area contributed by atoms with Crippen LogP contribution in [0.4, 0.5) is 4.79 Å². The van der Waals surface area contributed by atoms with Gasteiger partial charge in [-0.05, 0) is 49.9 Å². The number of methoxy groups -OCH3 is 1. The summed E-state index contributed by atoms with van der Waals surface area (Å²) in [4.78, 5) is 28.7. The van der Waals surface area contributed by atoms with Gasteiger partial charge in [0.25, 0.3) is 5.91 Å². The van der Waals surface area contributed by atoms with E-state index in [0.29, 0.717) is 38.3 Å². The minimum Gasteiger partial charge on any atom is -0.496 e. The van der Waals surface area contributed by atoms with Gasteiger partial charge in [0.2, 0.25) is 0 Å². The van der Waals surface area contributed by atoms with E-state index in [2.05, 4.69) is 5.32 Å². The third-order valence-electron chi connectivity index (χ3n) is 4.57. The Morgan fingerprint density at radius 2 is 1.76 bits per heavy atom. The van der Waals surface area contributed by atoms with Gasteiger partial charge >= 0.3 is 6.03 Å². The van der Waals surface area contributed by atoms with E-state index in [4.69, 9.17) is 4.74 Å². The van der Waals surface area contributed by atoms with Crippen molar-refractivity contribution in [2.24, 2.45) is 0 Å². The van der Waals surface area contributed by atoms with Crippen molar-refractivity contribution in [2.45, 2.75) is 33.6 Å². The van der Waals surface area contributed by atoms with Gasteiger partial charge in [-0.15, -0.1) is 0 Å². The molecule has 1 fully saturated rings. The molecule has 138 valence electrons. The fourth-order valence-electron chi connectivity index (χ4n) is 3.08. The monoisotopic (exact) mass is 347 g/mol. The molecular weight excluding hydrogens is 318 g/mol. The van der Waals surface area contributed by atoms with Crippen LogP contribution in [0.15, 0.2) is 12.1 Å². The van der Waals surface area contributed by atoms with E-state index >= 15 is 0 Å². The number of nitrogens with zero attached hydrogens (tertiary/aromatic N) is 2. The molecule has 0 saturated carbocycles. The maximum Gasteiger partial charge on any atom is 0.317 e. The van der Waals surface area contributed by atoms with E-state index in [1.165, 1.54) is 0 Å². The van der Waals surface area contributed by atoms with Crippen LogP contribution in [-0.2, 0) is 0 Å². The van der Waals surface area contributed by atoms with Crippen LogP contribution in [0.5, 0.6) is 5.75 Å². The molecule has 0 unspecified atom stereocenters. The highest BCUT2D eigenvalue weighted by Gasteiger charge is 2.24. The molecule has 1 aromatic rings. The van der Waals surface area contributed by atoms with Crippen molar-refractivity contribution in [1.82, 2.24) is 15.1 Å². The van der Waals surface area contributed by atoms with Gasteiger partial charge in [-0.3, -0.25) is 4.79 Å². The number of benzene rings is 1. The molecule has 1 aliphatic heterocycles. The SMILES string of the molecule is CCCNC(=O)N1CCCN(C(=O)c2cc(C)c(OC)cc2C)CC1. The van der Waals surface area contributed by atoms with Gasteiger partial charge in [-0.2, -0.15) is 0 Å². The third-order valence-corrected chi connectivity index (χ3v) is 4.57. The first kappa shape index (κ1) is 19.1. The molecule has 0 aliphatic carbocycles. The van der Waals surface area contributed by atoms with Gasteiger partial charge in [-0.25, -0.2) is 4.79 Å². The first-order chi connectivity index (χ1) is 12.0. The Balaban J connectivity index is 2.06. The van der Waals surface area contributed by atoms with Gasteiger partial charge in [0.15, 0.2) is 0 Å². The molecule has 6 heteroatoms. The first-order valence-electron chi connectivity index (χ1n) is 8.95. The van der Waals surface area contributed by atoms with Gasteiger partial charge in [0.05, 0.1) is 7.11 Å². The Hall–Kier alpha value is -2.24. The number of nitrogens with one attached hydrogen (secondary N) is 1. The molecule has 1 aliphatic rings. The lowest BCUT2D eigenvalue weighted by atomic mass is 10.0. The summed E-state index contributed by atoms with van der Waals surface area (Å²) in [6.07, 6.45) is 1.71. The van der Waals surface area contributed by atoms with Crippen LogP contribution in [0.1, 0.15) is 41.3 Å². The van der Waals surface area contributed by atoms with Gasteiger partial charge < -0.3 is 19.9 Å². The zero-order chi connectivity index (χ0) is 18.4. The quantitative estimate of drug-likeness (QED) is 0.911. The Morgan fingerprint density at radius 1 is 1.08 bits per heavy atom. The molecule has 1 N–H and O–H groups in total. The topological polar surface area (TPSA) is 61.9 Å². The highest BCUT2D eigenvalue weighted by molar-refractivity contribution is 5.96. The van der Waals surface area contributed by atoms with Crippen LogP contribution in [-0.4, -0.2) is 61.6 Å². The average molecular weight is 347 g/mol. The lowest BCUT2D eigenvalue weighted by Crippen LogP contribution is -2.42. The number of urea groups is 1. The molecule has 3 amide bonds. The van der Waals surface area contributed by atoms with Crippen molar-refractivity contribution in [3.63, 3.8) is 0 Å². The lowest BCUT2D eigenvalue weighted by Gasteiger charge is -2.23. The van der Waals surface area contributed by atoms with Crippen LogP contribution in [0.3, 0.4) is 0 Å². The predicted molar refractivity (Wildman–Crippen MR) is 98.3 cm³/mol. The van der Waals surface area contributed by atoms with Crippen molar-refractivity contribution in [1.29, 1.82) is 0 Å². The minimum atomic E-state index is -0.0346. The van der Waals surface area contributed by atoms with Crippen molar-refractivity contribution < 1.29 is 14.3 Å². The number of carbonyl (C=O) groups excluding carboxylic acids is 2. The summed E-state index contributed by atoms with van der Waals surface area (Å²) < 4.78 is 5.32. The molecule has 2 rings (SSSR count). The molecule has 1 aromatic carbocycles. The Bertz CT molecular complexity index is 631. The van der Waals surface area contributed by atoms with Crippen LogP contribution in [0, 0.1) is 13.8 Å². The summed E-state index contributed by atoms with van der Waals surface area (Å²) in [5.74, 6) is 0.822. The van der Waals surface area contributed by atoms with E-state index < -0.39 is 0 Å².